The highest BCUT2D eigenvalue weighted by Crippen LogP contribution is 2.25. The quantitative estimate of drug-likeness (QED) is 0.843. The van der Waals surface area contributed by atoms with Crippen LogP contribution in [0, 0.1) is 5.92 Å². The summed E-state index contributed by atoms with van der Waals surface area (Å²) < 4.78 is 4.70. The molecule has 1 aliphatic rings. The number of nitrogens with one attached hydrogen (secondary N) is 1. The minimum absolute atomic E-state index is 0.205. The molecule has 2 rings (SSSR count). The van der Waals surface area contributed by atoms with Crippen LogP contribution in [0.15, 0.2) is 6.20 Å². The SMILES string of the molecule is COC(=O)c1cnc(NCC2CCCCC2)c(C(C)C)n1. The number of hydrogen-bond donors (Lipinski definition) is 1. The first-order valence-electron chi connectivity index (χ1n) is 7.81. The molecule has 0 bridgehead atoms. The van der Waals surface area contributed by atoms with Crippen LogP contribution in [0.4, 0.5) is 5.82 Å². The van der Waals surface area contributed by atoms with E-state index in [-0.39, 0.29) is 11.6 Å². The lowest BCUT2D eigenvalue weighted by Crippen LogP contribution is -2.19. The monoisotopic (exact) mass is 291 g/mol. The van der Waals surface area contributed by atoms with Gasteiger partial charge in [0.2, 0.25) is 0 Å². The van der Waals surface area contributed by atoms with Crippen LogP contribution < -0.4 is 5.32 Å². The van der Waals surface area contributed by atoms with Gasteiger partial charge >= 0.3 is 5.97 Å². The summed E-state index contributed by atoms with van der Waals surface area (Å²) >= 11 is 0. The Balaban J connectivity index is 2.08. The largest absolute Gasteiger partial charge is 0.464 e. The molecule has 0 atom stereocenters. The molecule has 0 spiro atoms. The molecule has 0 aliphatic heterocycles. The summed E-state index contributed by atoms with van der Waals surface area (Å²) in [5.41, 5.74) is 1.10. The highest BCUT2D eigenvalue weighted by atomic mass is 16.5. The Kier molecular flexibility index (Phi) is 5.53. The van der Waals surface area contributed by atoms with Crippen molar-refractivity contribution in [2.45, 2.75) is 51.9 Å². The Hall–Kier alpha value is -1.65. The van der Waals surface area contributed by atoms with Crippen molar-refractivity contribution in [2.24, 2.45) is 5.92 Å². The van der Waals surface area contributed by atoms with Gasteiger partial charge in [0.05, 0.1) is 19.0 Å². The number of ether oxygens (including phenoxy) is 1. The number of esters is 1. The van der Waals surface area contributed by atoms with Gasteiger partial charge in [0, 0.05) is 6.54 Å². The Morgan fingerprint density at radius 2 is 2.10 bits per heavy atom. The van der Waals surface area contributed by atoms with Crippen LogP contribution in [0.2, 0.25) is 0 Å². The highest BCUT2D eigenvalue weighted by molar-refractivity contribution is 5.87. The maximum Gasteiger partial charge on any atom is 0.358 e. The lowest BCUT2D eigenvalue weighted by atomic mass is 9.89. The molecule has 5 nitrogen and oxygen atoms in total. The Bertz CT molecular complexity index is 482. The van der Waals surface area contributed by atoms with Crippen molar-refractivity contribution in [3.8, 4) is 0 Å². The summed E-state index contributed by atoms with van der Waals surface area (Å²) in [5, 5.41) is 3.42. The second-order valence-corrected chi connectivity index (χ2v) is 6.02. The van der Waals surface area contributed by atoms with Gasteiger partial charge in [-0.25, -0.2) is 14.8 Å². The van der Waals surface area contributed by atoms with Crippen molar-refractivity contribution in [2.75, 3.05) is 19.0 Å². The number of hydrogen-bond acceptors (Lipinski definition) is 5. The Morgan fingerprint density at radius 3 is 2.71 bits per heavy atom. The fraction of sp³-hybridized carbons (Fsp3) is 0.688. The van der Waals surface area contributed by atoms with Crippen molar-refractivity contribution in [1.82, 2.24) is 9.97 Å². The molecule has 116 valence electrons. The third-order valence-corrected chi connectivity index (χ3v) is 4.02. The van der Waals surface area contributed by atoms with Crippen LogP contribution in [0.5, 0.6) is 0 Å². The molecule has 1 N–H and O–H groups in total. The Morgan fingerprint density at radius 1 is 1.38 bits per heavy atom. The van der Waals surface area contributed by atoms with Gasteiger partial charge in [-0.2, -0.15) is 0 Å². The standard InChI is InChI=1S/C16H25N3O2/c1-11(2)14-15(17-9-12-7-5-4-6-8-12)18-10-13(19-14)16(20)21-3/h10-12H,4-9H2,1-3H3,(H,17,18). The van der Waals surface area contributed by atoms with Gasteiger partial charge in [0.1, 0.15) is 5.82 Å². The van der Waals surface area contributed by atoms with E-state index >= 15 is 0 Å². The third-order valence-electron chi connectivity index (χ3n) is 4.02. The molecule has 1 aromatic heterocycles. The van der Waals surface area contributed by atoms with E-state index < -0.39 is 5.97 Å². The van der Waals surface area contributed by atoms with Gasteiger partial charge in [-0.05, 0) is 24.7 Å². The lowest BCUT2D eigenvalue weighted by molar-refractivity contribution is 0.0593. The van der Waals surface area contributed by atoms with Crippen LogP contribution in [-0.2, 0) is 4.74 Å². The fourth-order valence-corrected chi connectivity index (χ4v) is 2.78. The summed E-state index contributed by atoms with van der Waals surface area (Å²) in [7, 11) is 1.36. The predicted molar refractivity (Wildman–Crippen MR) is 82.5 cm³/mol. The minimum Gasteiger partial charge on any atom is -0.464 e. The normalized spacial score (nSPS) is 16.0. The zero-order valence-corrected chi connectivity index (χ0v) is 13.2. The first kappa shape index (κ1) is 15.7. The van der Waals surface area contributed by atoms with Crippen LogP contribution in [0.3, 0.4) is 0 Å². The molecule has 21 heavy (non-hydrogen) atoms. The smallest absolute Gasteiger partial charge is 0.358 e. The molecule has 0 aromatic carbocycles. The van der Waals surface area contributed by atoms with Crippen molar-refractivity contribution >= 4 is 11.8 Å². The van der Waals surface area contributed by atoms with Gasteiger partial charge < -0.3 is 10.1 Å². The summed E-state index contributed by atoms with van der Waals surface area (Å²) in [6, 6.07) is 0. The maximum absolute atomic E-state index is 11.6. The third kappa shape index (κ3) is 4.16. The summed E-state index contributed by atoms with van der Waals surface area (Å²) in [6.45, 7) is 5.04. The molecular weight excluding hydrogens is 266 g/mol. The maximum atomic E-state index is 11.6. The predicted octanol–water partition coefficient (Wildman–Crippen LogP) is 3.38. The van der Waals surface area contributed by atoms with E-state index in [1.54, 1.807) is 0 Å². The van der Waals surface area contributed by atoms with E-state index in [9.17, 15) is 4.79 Å². The summed E-state index contributed by atoms with van der Waals surface area (Å²) in [4.78, 5) is 20.3. The number of rotatable bonds is 5. The number of carbonyl (C=O) groups is 1. The topological polar surface area (TPSA) is 64.1 Å². The van der Waals surface area contributed by atoms with Gasteiger partial charge in [-0.1, -0.05) is 33.1 Å². The molecular formula is C16H25N3O2. The van der Waals surface area contributed by atoms with Crippen molar-refractivity contribution in [1.29, 1.82) is 0 Å². The van der Waals surface area contributed by atoms with E-state index in [0.29, 0.717) is 0 Å². The number of aromatic nitrogens is 2. The van der Waals surface area contributed by atoms with Crippen molar-refractivity contribution < 1.29 is 9.53 Å². The van der Waals surface area contributed by atoms with Gasteiger partial charge in [0.25, 0.3) is 0 Å². The first-order chi connectivity index (χ1) is 10.1. The molecule has 1 heterocycles. The zero-order chi connectivity index (χ0) is 15.2. The fourth-order valence-electron chi connectivity index (χ4n) is 2.78. The van der Waals surface area contributed by atoms with Crippen LogP contribution in [0.25, 0.3) is 0 Å². The number of anilines is 1. The first-order valence-corrected chi connectivity index (χ1v) is 7.81. The van der Waals surface area contributed by atoms with Gasteiger partial charge in [-0.3, -0.25) is 0 Å². The number of carbonyl (C=O) groups excluding carboxylic acids is 1. The second kappa shape index (κ2) is 7.38. The van der Waals surface area contributed by atoms with E-state index in [1.807, 2.05) is 0 Å². The Labute approximate surface area is 126 Å². The van der Waals surface area contributed by atoms with Crippen molar-refractivity contribution in [3.05, 3.63) is 17.6 Å². The van der Waals surface area contributed by atoms with E-state index in [2.05, 4.69) is 29.1 Å². The molecule has 0 unspecified atom stereocenters. The molecule has 1 aromatic rings. The molecule has 1 saturated carbocycles. The average molecular weight is 291 g/mol. The summed E-state index contributed by atoms with van der Waals surface area (Å²) in [6.07, 6.45) is 8.09. The van der Waals surface area contributed by atoms with Crippen LogP contribution in [-0.4, -0.2) is 29.6 Å². The second-order valence-electron chi connectivity index (χ2n) is 6.02. The molecule has 1 fully saturated rings. The number of nitrogens with zero attached hydrogens (tertiary/aromatic N) is 2. The molecule has 0 amide bonds. The average Bonchev–Trinajstić information content (AvgIpc) is 2.52. The van der Waals surface area contributed by atoms with E-state index in [1.165, 1.54) is 45.4 Å². The summed E-state index contributed by atoms with van der Waals surface area (Å²) in [5.74, 6) is 1.28. The molecule has 5 heteroatoms. The van der Waals surface area contributed by atoms with Crippen LogP contribution in [0.1, 0.15) is 68.1 Å². The molecule has 1 aliphatic carbocycles. The van der Waals surface area contributed by atoms with E-state index in [4.69, 9.17) is 4.74 Å². The number of methoxy groups -OCH3 is 1. The van der Waals surface area contributed by atoms with Crippen LogP contribution >= 0.6 is 0 Å². The van der Waals surface area contributed by atoms with Gasteiger partial charge in [0.15, 0.2) is 5.69 Å². The highest BCUT2D eigenvalue weighted by Gasteiger charge is 2.18. The van der Waals surface area contributed by atoms with E-state index in [0.717, 1.165) is 24.0 Å². The molecule has 0 saturated heterocycles. The lowest BCUT2D eigenvalue weighted by Gasteiger charge is -2.23. The molecule has 0 radical (unpaired) electrons. The zero-order valence-electron chi connectivity index (χ0n) is 13.2. The van der Waals surface area contributed by atoms with Crippen molar-refractivity contribution in [3.63, 3.8) is 0 Å². The van der Waals surface area contributed by atoms with Gasteiger partial charge in [-0.15, -0.1) is 0 Å². The minimum atomic E-state index is -0.441.